The van der Waals surface area contributed by atoms with E-state index in [-0.39, 0.29) is 11.8 Å². The molecule has 0 aromatic heterocycles. The number of carbonyl (C=O) groups is 4. The highest BCUT2D eigenvalue weighted by atomic mass is 16.4. The van der Waals surface area contributed by atoms with Crippen molar-refractivity contribution in [3.63, 3.8) is 0 Å². The number of aliphatic carboxylic acids is 1. The molecule has 0 aliphatic carbocycles. The van der Waals surface area contributed by atoms with Gasteiger partial charge in [-0.05, 0) is 61.0 Å². The molecule has 0 unspecified atom stereocenters. The van der Waals surface area contributed by atoms with Crippen LogP contribution in [0.25, 0.3) is 0 Å². The van der Waals surface area contributed by atoms with Gasteiger partial charge in [0.1, 0.15) is 6.54 Å². The molecule has 0 atom stereocenters. The number of carbonyl (C=O) groups excluding carboxylic acids is 3. The largest absolute Gasteiger partial charge is 0.480 e. The van der Waals surface area contributed by atoms with Crippen LogP contribution in [0.2, 0.25) is 0 Å². The van der Waals surface area contributed by atoms with Crippen LogP contribution in [0.15, 0.2) is 72.8 Å². The fraction of sp³-hybridized carbons (Fsp3) is 0.214. The number of carboxylic acids is 1. The Labute approximate surface area is 220 Å². The van der Waals surface area contributed by atoms with Crippen molar-refractivity contribution in [2.75, 3.05) is 36.5 Å². The Bertz CT molecular complexity index is 1310. The summed E-state index contributed by atoms with van der Waals surface area (Å²) in [5.74, 6) is -1.89. The van der Waals surface area contributed by atoms with E-state index in [1.165, 1.54) is 4.90 Å². The number of amides is 3. The summed E-state index contributed by atoms with van der Waals surface area (Å²) in [7, 11) is 1.73. The van der Waals surface area contributed by atoms with E-state index in [1.807, 2.05) is 12.1 Å². The predicted octanol–water partition coefficient (Wildman–Crippen LogP) is 1.77. The fourth-order valence-corrected chi connectivity index (χ4v) is 4.04. The summed E-state index contributed by atoms with van der Waals surface area (Å²) in [6.07, 6.45) is 0.823. The first-order valence-electron chi connectivity index (χ1n) is 12.0. The summed E-state index contributed by atoms with van der Waals surface area (Å²) in [5, 5.41) is 11.9. The summed E-state index contributed by atoms with van der Waals surface area (Å²) in [5.41, 5.74) is 14.9. The normalized spacial score (nSPS) is 11.7. The summed E-state index contributed by atoms with van der Waals surface area (Å²) in [6.45, 7) is 0.883. The van der Waals surface area contributed by atoms with Crippen LogP contribution in [0.5, 0.6) is 0 Å². The van der Waals surface area contributed by atoms with E-state index in [0.717, 1.165) is 23.2 Å². The molecule has 6 N–H and O–H groups in total. The minimum absolute atomic E-state index is 0.00729. The molecule has 198 valence electrons. The Hall–Kier alpha value is -4.54. The Morgan fingerprint density at radius 2 is 1.71 bits per heavy atom. The molecular formula is C28H31N5O5. The highest BCUT2D eigenvalue weighted by Gasteiger charge is 2.25. The van der Waals surface area contributed by atoms with Crippen LogP contribution in [0.1, 0.15) is 31.8 Å². The molecule has 1 aliphatic rings. The Morgan fingerprint density at radius 3 is 2.34 bits per heavy atom. The Kier molecular flexibility index (Phi) is 9.69. The quantitative estimate of drug-likeness (QED) is 0.354. The predicted molar refractivity (Wildman–Crippen MR) is 145 cm³/mol. The molecule has 1 heterocycles. The van der Waals surface area contributed by atoms with Crippen LogP contribution in [0.4, 0.5) is 11.4 Å². The monoisotopic (exact) mass is 517 g/mol. The number of primary amides is 1. The second-order valence-corrected chi connectivity index (χ2v) is 8.56. The standard InChI is InChI=1S/C16H16N2O3.C12H15N3O2/c17-10-12-5-4-8-14(9-12)18(11-15(19)20)16(21)13-6-2-1-3-7-13;1-14-7-11(16)15-5-4-8-2-3-9(12(13)17)6-10(8)15/h1-9H,10-11,17H2,(H,19,20);2-3,6,14H,4-5,7H2,1H3,(H2,13,17). The lowest BCUT2D eigenvalue weighted by atomic mass is 10.1. The zero-order chi connectivity index (χ0) is 27.7. The van der Waals surface area contributed by atoms with Gasteiger partial charge >= 0.3 is 5.97 Å². The number of nitrogens with two attached hydrogens (primary N) is 2. The maximum atomic E-state index is 12.5. The van der Waals surface area contributed by atoms with E-state index in [9.17, 15) is 19.2 Å². The van der Waals surface area contributed by atoms with Gasteiger partial charge in [-0.1, -0.05) is 36.4 Å². The molecule has 0 radical (unpaired) electrons. The van der Waals surface area contributed by atoms with E-state index in [1.54, 1.807) is 72.6 Å². The molecular weight excluding hydrogens is 486 g/mol. The van der Waals surface area contributed by atoms with Crippen molar-refractivity contribution >= 4 is 35.1 Å². The van der Waals surface area contributed by atoms with Gasteiger partial charge in [0, 0.05) is 35.6 Å². The molecule has 0 saturated heterocycles. The Balaban J connectivity index is 0.000000215. The fourth-order valence-electron chi connectivity index (χ4n) is 4.04. The highest BCUT2D eigenvalue weighted by Crippen LogP contribution is 2.29. The number of hydrogen-bond acceptors (Lipinski definition) is 6. The van der Waals surface area contributed by atoms with Crippen molar-refractivity contribution in [1.29, 1.82) is 0 Å². The third-order valence-electron chi connectivity index (χ3n) is 5.91. The average Bonchev–Trinajstić information content (AvgIpc) is 3.36. The molecule has 0 spiro atoms. The van der Waals surface area contributed by atoms with Crippen molar-refractivity contribution < 1.29 is 24.3 Å². The van der Waals surface area contributed by atoms with E-state index in [0.29, 0.717) is 36.4 Å². The number of hydrogen-bond donors (Lipinski definition) is 4. The van der Waals surface area contributed by atoms with E-state index in [4.69, 9.17) is 16.6 Å². The van der Waals surface area contributed by atoms with Gasteiger partial charge in [-0.25, -0.2) is 0 Å². The number of carboxylic acid groups (broad SMARTS) is 1. The van der Waals surface area contributed by atoms with Crippen molar-refractivity contribution in [3.8, 4) is 0 Å². The molecule has 3 aromatic rings. The number of fused-ring (bicyclic) bond motifs is 1. The van der Waals surface area contributed by atoms with E-state index < -0.39 is 18.4 Å². The first-order valence-corrected chi connectivity index (χ1v) is 12.0. The van der Waals surface area contributed by atoms with Crippen molar-refractivity contribution in [1.82, 2.24) is 5.32 Å². The van der Waals surface area contributed by atoms with Crippen molar-refractivity contribution in [3.05, 3.63) is 95.1 Å². The van der Waals surface area contributed by atoms with Crippen LogP contribution in [-0.2, 0) is 22.6 Å². The number of rotatable bonds is 8. The van der Waals surface area contributed by atoms with Crippen LogP contribution in [0.3, 0.4) is 0 Å². The third kappa shape index (κ3) is 7.02. The van der Waals surface area contributed by atoms with Gasteiger partial charge in [-0.3, -0.25) is 24.1 Å². The lowest BCUT2D eigenvalue weighted by Gasteiger charge is -2.21. The minimum atomic E-state index is -1.07. The van der Waals surface area contributed by atoms with Gasteiger partial charge in [0.05, 0.1) is 6.54 Å². The molecule has 4 rings (SSSR count). The topological polar surface area (TPSA) is 159 Å². The first kappa shape index (κ1) is 28.0. The molecule has 0 bridgehead atoms. The SMILES string of the molecule is CNCC(=O)N1CCc2ccc(C(N)=O)cc21.NCc1cccc(N(CC(=O)O)C(=O)c2ccccc2)c1. The molecule has 10 heteroatoms. The minimum Gasteiger partial charge on any atom is -0.480 e. The van der Waals surface area contributed by atoms with Gasteiger partial charge in [0.25, 0.3) is 5.91 Å². The van der Waals surface area contributed by atoms with Crippen LogP contribution in [-0.4, -0.2) is 55.5 Å². The summed E-state index contributed by atoms with van der Waals surface area (Å²) >= 11 is 0. The summed E-state index contributed by atoms with van der Waals surface area (Å²) < 4.78 is 0. The maximum absolute atomic E-state index is 12.5. The average molecular weight is 518 g/mol. The van der Waals surface area contributed by atoms with Crippen molar-refractivity contribution in [2.45, 2.75) is 13.0 Å². The number of likely N-dealkylation sites (N-methyl/N-ethyl adjacent to an activating group) is 1. The smallest absolute Gasteiger partial charge is 0.323 e. The molecule has 1 aliphatic heterocycles. The van der Waals surface area contributed by atoms with Gasteiger partial charge in [-0.15, -0.1) is 0 Å². The molecule has 0 saturated carbocycles. The van der Waals surface area contributed by atoms with Crippen molar-refractivity contribution in [2.24, 2.45) is 11.5 Å². The van der Waals surface area contributed by atoms with Gasteiger partial charge < -0.3 is 26.8 Å². The summed E-state index contributed by atoms with van der Waals surface area (Å²) in [4.78, 5) is 49.4. The molecule has 38 heavy (non-hydrogen) atoms. The number of benzene rings is 3. The van der Waals surface area contributed by atoms with Crippen LogP contribution < -0.4 is 26.6 Å². The van der Waals surface area contributed by atoms with Gasteiger partial charge in [-0.2, -0.15) is 0 Å². The van der Waals surface area contributed by atoms with Gasteiger partial charge in [0.15, 0.2) is 0 Å². The van der Waals surface area contributed by atoms with Crippen LogP contribution in [0, 0.1) is 0 Å². The second kappa shape index (κ2) is 13.1. The van der Waals surface area contributed by atoms with E-state index >= 15 is 0 Å². The first-order chi connectivity index (χ1) is 18.2. The summed E-state index contributed by atoms with van der Waals surface area (Å²) in [6, 6.07) is 20.9. The zero-order valence-corrected chi connectivity index (χ0v) is 21.1. The second-order valence-electron chi connectivity index (χ2n) is 8.56. The van der Waals surface area contributed by atoms with Crippen LogP contribution >= 0.6 is 0 Å². The molecule has 0 fully saturated rings. The molecule has 3 amide bonds. The lowest BCUT2D eigenvalue weighted by molar-refractivity contribution is -0.135. The third-order valence-corrected chi connectivity index (χ3v) is 5.91. The number of nitrogens with zero attached hydrogens (tertiary/aromatic N) is 2. The maximum Gasteiger partial charge on any atom is 0.323 e. The lowest BCUT2D eigenvalue weighted by Crippen LogP contribution is -2.36. The molecule has 3 aromatic carbocycles. The zero-order valence-electron chi connectivity index (χ0n) is 21.1. The van der Waals surface area contributed by atoms with E-state index in [2.05, 4.69) is 5.32 Å². The number of nitrogens with one attached hydrogen (secondary N) is 1. The molecule has 10 nitrogen and oxygen atoms in total. The number of anilines is 2. The Morgan fingerprint density at radius 1 is 0.974 bits per heavy atom. The highest BCUT2D eigenvalue weighted by molar-refractivity contribution is 6.08. The van der Waals surface area contributed by atoms with Gasteiger partial charge in [0.2, 0.25) is 11.8 Å².